The highest BCUT2D eigenvalue weighted by Crippen LogP contribution is 2.33. The zero-order valence-electron chi connectivity index (χ0n) is 13.5. The number of amides is 2. The molecule has 1 aromatic rings. The largest absolute Gasteiger partial charge is 0.454 e. The lowest BCUT2D eigenvalue weighted by atomic mass is 10.1. The molecule has 7 heteroatoms. The van der Waals surface area contributed by atoms with Crippen LogP contribution in [0.4, 0.5) is 0 Å². The van der Waals surface area contributed by atoms with Gasteiger partial charge in [0, 0.05) is 45.7 Å². The van der Waals surface area contributed by atoms with Crippen molar-refractivity contribution in [3.8, 4) is 11.5 Å². The second kappa shape index (κ2) is 6.32. The molecule has 24 heavy (non-hydrogen) atoms. The first-order valence-electron chi connectivity index (χ1n) is 8.36. The van der Waals surface area contributed by atoms with Crippen LogP contribution in [0.25, 0.3) is 0 Å². The minimum atomic E-state index is -0.218. The third kappa shape index (κ3) is 2.91. The highest BCUT2D eigenvalue weighted by Gasteiger charge is 2.36. The summed E-state index contributed by atoms with van der Waals surface area (Å²) in [5, 5.41) is 3.24. The molecular weight excluding hydrogens is 310 g/mol. The first-order valence-corrected chi connectivity index (χ1v) is 8.36. The molecule has 0 bridgehead atoms. The summed E-state index contributed by atoms with van der Waals surface area (Å²) in [6.45, 7) is 4.34. The van der Waals surface area contributed by atoms with Crippen LogP contribution in [-0.2, 0) is 16.1 Å². The van der Waals surface area contributed by atoms with Gasteiger partial charge >= 0.3 is 0 Å². The topological polar surface area (TPSA) is 71.1 Å². The summed E-state index contributed by atoms with van der Waals surface area (Å²) in [5.74, 6) is 1.38. The van der Waals surface area contributed by atoms with Gasteiger partial charge in [-0.15, -0.1) is 0 Å². The van der Waals surface area contributed by atoms with E-state index in [-0.39, 0.29) is 24.5 Å². The Hall–Kier alpha value is -2.28. The molecule has 2 saturated heterocycles. The maximum atomic E-state index is 12.6. The Bertz CT molecular complexity index is 657. The second-order valence-electron chi connectivity index (χ2n) is 6.44. The molecule has 1 aromatic carbocycles. The third-order valence-corrected chi connectivity index (χ3v) is 4.80. The Balaban J connectivity index is 1.40. The first-order chi connectivity index (χ1) is 11.7. The molecule has 0 aliphatic carbocycles. The van der Waals surface area contributed by atoms with E-state index < -0.39 is 0 Å². The van der Waals surface area contributed by atoms with E-state index in [0.29, 0.717) is 25.3 Å². The zero-order chi connectivity index (χ0) is 16.5. The molecule has 2 amide bonds. The number of piperazine rings is 1. The van der Waals surface area contributed by atoms with E-state index in [2.05, 4.69) is 5.32 Å². The smallest absolute Gasteiger partial charge is 0.231 e. The molecule has 3 aliphatic heterocycles. The number of rotatable bonds is 3. The SMILES string of the molecule is O=C1CC(C(=O)N2CCNCC2)CN1Cc1ccc2c(c1)OCO2. The predicted molar refractivity (Wildman–Crippen MR) is 85.5 cm³/mol. The number of nitrogens with one attached hydrogen (secondary N) is 1. The number of likely N-dealkylation sites (tertiary alicyclic amines) is 1. The molecule has 4 rings (SSSR count). The van der Waals surface area contributed by atoms with Crippen molar-refractivity contribution in [3.63, 3.8) is 0 Å². The summed E-state index contributed by atoms with van der Waals surface area (Å²) in [4.78, 5) is 28.5. The average molecular weight is 331 g/mol. The average Bonchev–Trinajstić information content (AvgIpc) is 3.21. The molecule has 1 N–H and O–H groups in total. The number of carbonyl (C=O) groups excluding carboxylic acids is 2. The lowest BCUT2D eigenvalue weighted by Crippen LogP contribution is -2.48. The van der Waals surface area contributed by atoms with E-state index in [1.54, 1.807) is 4.90 Å². The van der Waals surface area contributed by atoms with Crippen molar-refractivity contribution in [1.29, 1.82) is 0 Å². The lowest BCUT2D eigenvalue weighted by Gasteiger charge is -2.29. The number of hydrogen-bond acceptors (Lipinski definition) is 5. The maximum Gasteiger partial charge on any atom is 0.231 e. The number of benzene rings is 1. The van der Waals surface area contributed by atoms with Gasteiger partial charge in [-0.2, -0.15) is 0 Å². The van der Waals surface area contributed by atoms with Crippen LogP contribution < -0.4 is 14.8 Å². The van der Waals surface area contributed by atoms with Crippen LogP contribution >= 0.6 is 0 Å². The van der Waals surface area contributed by atoms with E-state index in [9.17, 15) is 9.59 Å². The van der Waals surface area contributed by atoms with E-state index in [1.165, 1.54) is 0 Å². The second-order valence-corrected chi connectivity index (χ2v) is 6.44. The third-order valence-electron chi connectivity index (χ3n) is 4.80. The van der Waals surface area contributed by atoms with Crippen LogP contribution in [0.5, 0.6) is 11.5 Å². The number of fused-ring (bicyclic) bond motifs is 1. The van der Waals surface area contributed by atoms with Crippen molar-refractivity contribution < 1.29 is 19.1 Å². The number of ether oxygens (including phenoxy) is 2. The van der Waals surface area contributed by atoms with Crippen molar-refractivity contribution in [2.24, 2.45) is 5.92 Å². The molecule has 0 radical (unpaired) electrons. The summed E-state index contributed by atoms with van der Waals surface area (Å²) >= 11 is 0. The molecule has 2 fully saturated rings. The van der Waals surface area contributed by atoms with Gasteiger partial charge in [0.15, 0.2) is 11.5 Å². The highest BCUT2D eigenvalue weighted by molar-refractivity contribution is 5.89. The maximum absolute atomic E-state index is 12.6. The molecule has 128 valence electrons. The molecule has 3 heterocycles. The minimum Gasteiger partial charge on any atom is -0.454 e. The number of carbonyl (C=O) groups is 2. The fourth-order valence-electron chi connectivity index (χ4n) is 3.49. The van der Waals surface area contributed by atoms with Crippen LogP contribution in [0.15, 0.2) is 18.2 Å². The molecule has 0 saturated carbocycles. The summed E-state index contributed by atoms with van der Waals surface area (Å²) in [6.07, 6.45) is 0.313. The summed E-state index contributed by atoms with van der Waals surface area (Å²) in [6, 6.07) is 5.70. The van der Waals surface area contributed by atoms with Crippen molar-refractivity contribution in [2.45, 2.75) is 13.0 Å². The normalized spacial score (nSPS) is 23.0. The Labute approximate surface area is 140 Å². The van der Waals surface area contributed by atoms with Gasteiger partial charge in [-0.3, -0.25) is 9.59 Å². The molecule has 0 aromatic heterocycles. The summed E-state index contributed by atoms with van der Waals surface area (Å²) in [5.41, 5.74) is 0.989. The zero-order valence-corrected chi connectivity index (χ0v) is 13.5. The molecule has 1 atom stereocenters. The van der Waals surface area contributed by atoms with Gasteiger partial charge < -0.3 is 24.6 Å². The monoisotopic (exact) mass is 331 g/mol. The van der Waals surface area contributed by atoms with Gasteiger partial charge in [0.2, 0.25) is 18.6 Å². The fraction of sp³-hybridized carbons (Fsp3) is 0.529. The Morgan fingerprint density at radius 2 is 2.00 bits per heavy atom. The van der Waals surface area contributed by atoms with E-state index in [4.69, 9.17) is 9.47 Å². The summed E-state index contributed by atoms with van der Waals surface area (Å²) < 4.78 is 10.7. The lowest BCUT2D eigenvalue weighted by molar-refractivity contribution is -0.136. The van der Waals surface area contributed by atoms with E-state index >= 15 is 0 Å². The van der Waals surface area contributed by atoms with E-state index in [1.807, 2.05) is 23.1 Å². The fourth-order valence-corrected chi connectivity index (χ4v) is 3.49. The quantitative estimate of drug-likeness (QED) is 0.856. The number of nitrogens with zero attached hydrogens (tertiary/aromatic N) is 2. The number of hydrogen-bond donors (Lipinski definition) is 1. The molecule has 7 nitrogen and oxygen atoms in total. The first kappa shape index (κ1) is 15.3. The predicted octanol–water partition coefficient (Wildman–Crippen LogP) is 0.196. The minimum absolute atomic E-state index is 0.0427. The van der Waals surface area contributed by atoms with Gasteiger partial charge in [0.25, 0.3) is 0 Å². The van der Waals surface area contributed by atoms with Crippen molar-refractivity contribution in [3.05, 3.63) is 23.8 Å². The standard InChI is InChI=1S/C17H21N3O4/c21-16-8-13(17(22)19-5-3-18-4-6-19)10-20(16)9-12-1-2-14-15(7-12)24-11-23-14/h1-2,7,13,18H,3-6,8-11H2. The van der Waals surface area contributed by atoms with Gasteiger partial charge in [0.05, 0.1) is 5.92 Å². The van der Waals surface area contributed by atoms with Crippen LogP contribution in [0.1, 0.15) is 12.0 Å². The molecule has 3 aliphatic rings. The highest BCUT2D eigenvalue weighted by atomic mass is 16.7. The van der Waals surface area contributed by atoms with Crippen LogP contribution in [0.3, 0.4) is 0 Å². The van der Waals surface area contributed by atoms with Crippen LogP contribution in [0.2, 0.25) is 0 Å². The van der Waals surface area contributed by atoms with Gasteiger partial charge in [-0.25, -0.2) is 0 Å². The Morgan fingerprint density at radius 3 is 2.83 bits per heavy atom. The summed E-state index contributed by atoms with van der Waals surface area (Å²) in [7, 11) is 0. The Kier molecular flexibility index (Phi) is 4.02. The van der Waals surface area contributed by atoms with Crippen molar-refractivity contribution in [2.75, 3.05) is 39.5 Å². The van der Waals surface area contributed by atoms with Gasteiger partial charge in [-0.05, 0) is 17.7 Å². The Morgan fingerprint density at radius 1 is 1.21 bits per heavy atom. The van der Waals surface area contributed by atoms with Crippen LogP contribution in [0, 0.1) is 5.92 Å². The van der Waals surface area contributed by atoms with Crippen molar-refractivity contribution in [1.82, 2.24) is 15.1 Å². The van der Waals surface area contributed by atoms with Gasteiger partial charge in [-0.1, -0.05) is 6.07 Å². The molecule has 1 unspecified atom stereocenters. The molecular formula is C17H21N3O4. The van der Waals surface area contributed by atoms with Crippen molar-refractivity contribution >= 4 is 11.8 Å². The van der Waals surface area contributed by atoms with Crippen LogP contribution in [-0.4, -0.2) is 61.1 Å². The van der Waals surface area contributed by atoms with Gasteiger partial charge in [0.1, 0.15) is 0 Å². The van der Waals surface area contributed by atoms with E-state index in [0.717, 1.165) is 37.5 Å². The molecule has 0 spiro atoms.